The van der Waals surface area contributed by atoms with Crippen LogP contribution in [-0.2, 0) is 0 Å². The van der Waals surface area contributed by atoms with Gasteiger partial charge in [-0.1, -0.05) is 15.9 Å². The number of nitrogens with zero attached hydrogens (tertiary/aromatic N) is 1. The third-order valence-electron chi connectivity index (χ3n) is 2.68. The molecule has 1 aromatic heterocycles. The summed E-state index contributed by atoms with van der Waals surface area (Å²) in [5.41, 5.74) is 7.20. The highest BCUT2D eigenvalue weighted by molar-refractivity contribution is 9.10. The molecule has 2 aromatic rings. The van der Waals surface area contributed by atoms with E-state index >= 15 is 0 Å². The van der Waals surface area contributed by atoms with Gasteiger partial charge in [0.05, 0.1) is 11.3 Å². The Morgan fingerprint density at radius 3 is 2.60 bits per heavy atom. The van der Waals surface area contributed by atoms with Gasteiger partial charge in [0.25, 0.3) is 0 Å². The van der Waals surface area contributed by atoms with Crippen LogP contribution in [0.15, 0.2) is 28.7 Å². The lowest BCUT2D eigenvalue weighted by molar-refractivity contribution is 0.440. The zero-order chi connectivity index (χ0) is 14.9. The lowest BCUT2D eigenvalue weighted by Gasteiger charge is -2.13. The Labute approximate surface area is 124 Å². The molecule has 0 amide bonds. The first-order chi connectivity index (χ1) is 9.38. The van der Waals surface area contributed by atoms with E-state index in [2.05, 4.69) is 20.9 Å². The monoisotopic (exact) mass is 337 g/mol. The van der Waals surface area contributed by atoms with E-state index in [1.54, 1.807) is 26.0 Å². The molecular formula is C14H13BrFN3O. The fourth-order valence-corrected chi connectivity index (χ4v) is 2.21. The molecule has 0 atom stereocenters. The Bertz CT molecular complexity index is 688. The summed E-state index contributed by atoms with van der Waals surface area (Å²) in [6, 6.07) is 6.12. The van der Waals surface area contributed by atoms with Crippen LogP contribution < -0.4 is 10.5 Å². The van der Waals surface area contributed by atoms with Crippen molar-refractivity contribution in [2.75, 3.05) is 0 Å². The van der Waals surface area contributed by atoms with Crippen LogP contribution in [0.1, 0.15) is 17.0 Å². The van der Waals surface area contributed by atoms with E-state index in [0.29, 0.717) is 27.2 Å². The number of aromatic nitrogens is 1. The normalized spacial score (nSPS) is 10.4. The molecule has 2 rings (SSSR count). The van der Waals surface area contributed by atoms with Crippen LogP contribution in [0.5, 0.6) is 11.5 Å². The van der Waals surface area contributed by atoms with Gasteiger partial charge in [0.15, 0.2) is 11.6 Å². The molecule has 0 bridgehead atoms. The van der Waals surface area contributed by atoms with Gasteiger partial charge >= 0.3 is 0 Å². The molecule has 0 aliphatic rings. The summed E-state index contributed by atoms with van der Waals surface area (Å²) in [5, 5.41) is 7.60. The number of benzene rings is 1. The summed E-state index contributed by atoms with van der Waals surface area (Å²) in [7, 11) is 0. The minimum absolute atomic E-state index is 0.0701. The maximum Gasteiger partial charge on any atom is 0.166 e. The van der Waals surface area contributed by atoms with Gasteiger partial charge in [0.1, 0.15) is 11.6 Å². The molecule has 1 heterocycles. The second-order valence-electron chi connectivity index (χ2n) is 4.31. The van der Waals surface area contributed by atoms with Crippen molar-refractivity contribution in [3.63, 3.8) is 0 Å². The first-order valence-electron chi connectivity index (χ1n) is 5.84. The molecule has 0 radical (unpaired) electrons. The van der Waals surface area contributed by atoms with E-state index in [9.17, 15) is 4.39 Å². The van der Waals surface area contributed by atoms with Crippen molar-refractivity contribution in [2.45, 2.75) is 13.8 Å². The summed E-state index contributed by atoms with van der Waals surface area (Å²) in [6.45, 7) is 3.52. The smallest absolute Gasteiger partial charge is 0.166 e. The Morgan fingerprint density at radius 1 is 1.30 bits per heavy atom. The number of aryl methyl sites for hydroxylation is 2. The van der Waals surface area contributed by atoms with Crippen molar-refractivity contribution >= 4 is 21.8 Å². The number of pyridine rings is 1. The average Bonchev–Trinajstić information content (AvgIpc) is 2.31. The van der Waals surface area contributed by atoms with Gasteiger partial charge in [-0.3, -0.25) is 10.4 Å². The van der Waals surface area contributed by atoms with Crippen LogP contribution in [0.4, 0.5) is 4.39 Å². The molecule has 1 aromatic carbocycles. The molecule has 3 N–H and O–H groups in total. The second-order valence-corrected chi connectivity index (χ2v) is 5.23. The van der Waals surface area contributed by atoms with Crippen molar-refractivity contribution in [3.8, 4) is 11.5 Å². The first kappa shape index (κ1) is 14.5. The fraction of sp³-hybridized carbons (Fsp3) is 0.143. The summed E-state index contributed by atoms with van der Waals surface area (Å²) in [4.78, 5) is 4.23. The second kappa shape index (κ2) is 5.58. The number of halogens is 2. The van der Waals surface area contributed by atoms with Crippen LogP contribution in [0, 0.1) is 25.1 Å². The van der Waals surface area contributed by atoms with Crippen LogP contribution in [-0.4, -0.2) is 10.8 Å². The van der Waals surface area contributed by atoms with Crippen molar-refractivity contribution in [1.82, 2.24) is 4.98 Å². The topological polar surface area (TPSA) is 72.0 Å². The van der Waals surface area contributed by atoms with Gasteiger partial charge in [-0.2, -0.15) is 0 Å². The SMILES string of the molecule is Cc1cc(Oc2ccc(Br)cc2F)c(C(=N)N)c(C)n1. The highest BCUT2D eigenvalue weighted by Crippen LogP contribution is 2.30. The van der Waals surface area contributed by atoms with Crippen LogP contribution in [0.2, 0.25) is 0 Å². The molecule has 0 aliphatic heterocycles. The number of nitrogen functional groups attached to an aromatic ring is 1. The summed E-state index contributed by atoms with van der Waals surface area (Å²) in [5.74, 6) is -0.270. The number of hydrogen-bond acceptors (Lipinski definition) is 3. The molecule has 20 heavy (non-hydrogen) atoms. The predicted molar refractivity (Wildman–Crippen MR) is 78.9 cm³/mol. The van der Waals surface area contributed by atoms with Gasteiger partial charge in [0.2, 0.25) is 0 Å². The number of ether oxygens (including phenoxy) is 1. The highest BCUT2D eigenvalue weighted by Gasteiger charge is 2.15. The minimum Gasteiger partial charge on any atom is -0.453 e. The van der Waals surface area contributed by atoms with E-state index in [1.807, 2.05) is 0 Å². The lowest BCUT2D eigenvalue weighted by atomic mass is 10.1. The Kier molecular flexibility index (Phi) is 4.04. The predicted octanol–water partition coefficient (Wildman–Crippen LogP) is 3.68. The van der Waals surface area contributed by atoms with Crippen molar-refractivity contribution in [3.05, 3.63) is 51.5 Å². The van der Waals surface area contributed by atoms with Gasteiger partial charge in [-0.15, -0.1) is 0 Å². The number of hydrogen-bond donors (Lipinski definition) is 2. The van der Waals surface area contributed by atoms with Crippen LogP contribution in [0.3, 0.4) is 0 Å². The number of rotatable bonds is 3. The van der Waals surface area contributed by atoms with Crippen LogP contribution in [0.25, 0.3) is 0 Å². The summed E-state index contributed by atoms with van der Waals surface area (Å²) < 4.78 is 20.0. The Hall–Kier alpha value is -1.95. The van der Waals surface area contributed by atoms with E-state index in [-0.39, 0.29) is 11.6 Å². The van der Waals surface area contributed by atoms with E-state index in [4.69, 9.17) is 15.9 Å². The highest BCUT2D eigenvalue weighted by atomic mass is 79.9. The number of nitrogens with one attached hydrogen (secondary N) is 1. The summed E-state index contributed by atoms with van der Waals surface area (Å²) in [6.07, 6.45) is 0. The third-order valence-corrected chi connectivity index (χ3v) is 3.17. The standard InChI is InChI=1S/C14H13BrFN3O/c1-7-5-12(13(14(17)18)8(2)19-7)20-11-4-3-9(15)6-10(11)16/h3-6H,1-2H3,(H3,17,18). The van der Waals surface area contributed by atoms with Crippen LogP contribution >= 0.6 is 15.9 Å². The molecule has 0 unspecified atom stereocenters. The maximum atomic E-state index is 13.8. The van der Waals surface area contributed by atoms with Gasteiger partial charge in [0, 0.05) is 16.2 Å². The average molecular weight is 338 g/mol. The van der Waals surface area contributed by atoms with Gasteiger partial charge < -0.3 is 10.5 Å². The first-order valence-corrected chi connectivity index (χ1v) is 6.63. The zero-order valence-electron chi connectivity index (χ0n) is 11.0. The lowest BCUT2D eigenvalue weighted by Crippen LogP contribution is -2.15. The van der Waals surface area contributed by atoms with Crippen molar-refractivity contribution in [1.29, 1.82) is 5.41 Å². The fourth-order valence-electron chi connectivity index (χ4n) is 1.88. The Balaban J connectivity index is 2.50. The van der Waals surface area contributed by atoms with E-state index in [1.165, 1.54) is 12.1 Å². The third kappa shape index (κ3) is 2.96. The zero-order valence-corrected chi connectivity index (χ0v) is 12.6. The minimum atomic E-state index is -0.499. The number of nitrogens with two attached hydrogens (primary N) is 1. The molecule has 6 heteroatoms. The molecule has 0 spiro atoms. The Morgan fingerprint density at radius 2 is 2.00 bits per heavy atom. The molecular weight excluding hydrogens is 325 g/mol. The molecule has 0 fully saturated rings. The van der Waals surface area contributed by atoms with Crippen molar-refractivity contribution in [2.24, 2.45) is 5.73 Å². The van der Waals surface area contributed by atoms with Crippen molar-refractivity contribution < 1.29 is 9.13 Å². The van der Waals surface area contributed by atoms with E-state index < -0.39 is 5.82 Å². The largest absolute Gasteiger partial charge is 0.453 e. The maximum absolute atomic E-state index is 13.8. The summed E-state index contributed by atoms with van der Waals surface area (Å²) >= 11 is 3.18. The quantitative estimate of drug-likeness (QED) is 0.662. The van der Waals surface area contributed by atoms with Gasteiger partial charge in [-0.25, -0.2) is 4.39 Å². The number of amidine groups is 1. The molecule has 104 valence electrons. The van der Waals surface area contributed by atoms with E-state index in [0.717, 1.165) is 0 Å². The molecule has 0 saturated heterocycles. The van der Waals surface area contributed by atoms with Gasteiger partial charge in [-0.05, 0) is 32.0 Å². The molecule has 0 saturated carbocycles. The molecule has 0 aliphatic carbocycles. The molecule has 4 nitrogen and oxygen atoms in total.